The topological polar surface area (TPSA) is 65.0 Å². The summed E-state index contributed by atoms with van der Waals surface area (Å²) in [5.74, 6) is -0.0123. The zero-order valence-corrected chi connectivity index (χ0v) is 12.6. The maximum Gasteiger partial charge on any atom is 0.339 e. The lowest BCUT2D eigenvalue weighted by Gasteiger charge is -2.21. The molecule has 0 saturated carbocycles. The molecule has 0 radical (unpaired) electrons. The van der Waals surface area contributed by atoms with Crippen molar-refractivity contribution in [1.29, 1.82) is 0 Å². The molecule has 0 atom stereocenters. The van der Waals surface area contributed by atoms with Gasteiger partial charge in [0, 0.05) is 0 Å². The Kier molecular flexibility index (Phi) is 5.67. The second kappa shape index (κ2) is 7.03. The van der Waals surface area contributed by atoms with Crippen LogP contribution in [-0.4, -0.2) is 29.9 Å². The highest BCUT2D eigenvalue weighted by atomic mass is 16.5. The molecule has 0 spiro atoms. The van der Waals surface area contributed by atoms with Crippen LogP contribution in [0.3, 0.4) is 0 Å². The Morgan fingerprint density at radius 2 is 1.65 bits per heavy atom. The standard InChI is InChI=1S/C15H22O5/c1-6-18-12-8-7-11(15(16)17)13(19-9(2)3)14(12)20-10(4)5/h7-10H,6H2,1-5H3,(H,16,17). The van der Waals surface area contributed by atoms with Gasteiger partial charge in [0.2, 0.25) is 5.75 Å². The minimum absolute atomic E-state index is 0.0674. The molecule has 1 aromatic carbocycles. The van der Waals surface area contributed by atoms with E-state index in [1.54, 1.807) is 6.07 Å². The molecule has 0 aliphatic heterocycles. The number of aromatic carboxylic acids is 1. The van der Waals surface area contributed by atoms with Gasteiger partial charge in [-0.2, -0.15) is 0 Å². The van der Waals surface area contributed by atoms with E-state index in [2.05, 4.69) is 0 Å². The quantitative estimate of drug-likeness (QED) is 0.830. The molecule has 0 aromatic heterocycles. The van der Waals surface area contributed by atoms with Crippen LogP contribution in [0.5, 0.6) is 17.2 Å². The van der Waals surface area contributed by atoms with Crippen molar-refractivity contribution in [2.45, 2.75) is 46.8 Å². The van der Waals surface area contributed by atoms with Gasteiger partial charge < -0.3 is 19.3 Å². The van der Waals surface area contributed by atoms with Crippen LogP contribution in [0, 0.1) is 0 Å². The highest BCUT2D eigenvalue weighted by Gasteiger charge is 2.23. The maximum atomic E-state index is 11.3. The number of hydrogen-bond acceptors (Lipinski definition) is 4. The average Bonchev–Trinajstić information content (AvgIpc) is 2.32. The Hall–Kier alpha value is -1.91. The summed E-state index contributed by atoms with van der Waals surface area (Å²) < 4.78 is 16.8. The molecule has 0 aliphatic rings. The van der Waals surface area contributed by atoms with Gasteiger partial charge in [0.15, 0.2) is 11.5 Å². The van der Waals surface area contributed by atoms with Crippen LogP contribution in [0.4, 0.5) is 0 Å². The van der Waals surface area contributed by atoms with Crippen molar-refractivity contribution in [3.8, 4) is 17.2 Å². The molecule has 0 unspecified atom stereocenters. The largest absolute Gasteiger partial charge is 0.490 e. The van der Waals surface area contributed by atoms with Crippen molar-refractivity contribution in [3.05, 3.63) is 17.7 Å². The van der Waals surface area contributed by atoms with E-state index in [9.17, 15) is 9.90 Å². The summed E-state index contributed by atoms with van der Waals surface area (Å²) in [4.78, 5) is 11.3. The highest BCUT2D eigenvalue weighted by Crippen LogP contribution is 2.41. The van der Waals surface area contributed by atoms with Gasteiger partial charge in [-0.1, -0.05) is 0 Å². The molecule has 5 nitrogen and oxygen atoms in total. The van der Waals surface area contributed by atoms with E-state index in [-0.39, 0.29) is 23.5 Å². The number of carbonyl (C=O) groups is 1. The van der Waals surface area contributed by atoms with Gasteiger partial charge in [-0.3, -0.25) is 0 Å². The molecule has 112 valence electrons. The van der Waals surface area contributed by atoms with Crippen molar-refractivity contribution < 1.29 is 24.1 Å². The van der Waals surface area contributed by atoms with Gasteiger partial charge in [-0.15, -0.1) is 0 Å². The number of benzene rings is 1. The van der Waals surface area contributed by atoms with Crippen molar-refractivity contribution in [1.82, 2.24) is 0 Å². The molecule has 5 heteroatoms. The van der Waals surface area contributed by atoms with E-state index < -0.39 is 5.97 Å². The fourth-order valence-corrected chi connectivity index (χ4v) is 1.68. The minimum Gasteiger partial charge on any atom is -0.490 e. The Morgan fingerprint density at radius 1 is 1.10 bits per heavy atom. The van der Waals surface area contributed by atoms with Crippen LogP contribution in [-0.2, 0) is 0 Å². The maximum absolute atomic E-state index is 11.3. The zero-order chi connectivity index (χ0) is 15.3. The zero-order valence-electron chi connectivity index (χ0n) is 12.6. The van der Waals surface area contributed by atoms with E-state index >= 15 is 0 Å². The minimum atomic E-state index is -1.06. The highest BCUT2D eigenvalue weighted by molar-refractivity contribution is 5.92. The van der Waals surface area contributed by atoms with Crippen LogP contribution < -0.4 is 14.2 Å². The molecule has 0 aliphatic carbocycles. The van der Waals surface area contributed by atoms with Gasteiger partial charge in [-0.25, -0.2) is 4.79 Å². The third-order valence-electron chi connectivity index (χ3n) is 2.31. The third-order valence-corrected chi connectivity index (χ3v) is 2.31. The van der Waals surface area contributed by atoms with Crippen molar-refractivity contribution in [2.75, 3.05) is 6.61 Å². The van der Waals surface area contributed by atoms with Gasteiger partial charge in [-0.05, 0) is 46.8 Å². The first-order chi connectivity index (χ1) is 9.36. The predicted molar refractivity (Wildman–Crippen MR) is 76.1 cm³/mol. The second-order valence-electron chi connectivity index (χ2n) is 4.84. The Labute approximate surface area is 119 Å². The van der Waals surface area contributed by atoms with Crippen LogP contribution in [0.15, 0.2) is 12.1 Å². The summed E-state index contributed by atoms with van der Waals surface area (Å²) in [6.45, 7) is 9.70. The molecule has 0 fully saturated rings. The number of hydrogen-bond donors (Lipinski definition) is 1. The second-order valence-corrected chi connectivity index (χ2v) is 4.84. The Morgan fingerprint density at radius 3 is 2.10 bits per heavy atom. The van der Waals surface area contributed by atoms with Gasteiger partial charge >= 0.3 is 5.97 Å². The van der Waals surface area contributed by atoms with Crippen LogP contribution in [0.1, 0.15) is 45.0 Å². The summed E-state index contributed by atoms with van der Waals surface area (Å²) in [5, 5.41) is 9.28. The third kappa shape index (κ3) is 4.05. The smallest absolute Gasteiger partial charge is 0.339 e. The van der Waals surface area contributed by atoms with Crippen LogP contribution in [0.25, 0.3) is 0 Å². The van der Waals surface area contributed by atoms with Crippen molar-refractivity contribution in [3.63, 3.8) is 0 Å². The molecular formula is C15H22O5. The van der Waals surface area contributed by atoms with Crippen molar-refractivity contribution >= 4 is 5.97 Å². The van der Waals surface area contributed by atoms with Gasteiger partial charge in [0.25, 0.3) is 0 Å². The normalized spacial score (nSPS) is 10.8. The molecule has 0 amide bonds. The van der Waals surface area contributed by atoms with Gasteiger partial charge in [0.1, 0.15) is 5.56 Å². The molecule has 0 heterocycles. The van der Waals surface area contributed by atoms with E-state index in [4.69, 9.17) is 14.2 Å². The lowest BCUT2D eigenvalue weighted by atomic mass is 10.1. The first-order valence-corrected chi connectivity index (χ1v) is 6.73. The Bertz CT molecular complexity index is 466. The van der Waals surface area contributed by atoms with E-state index in [1.807, 2.05) is 34.6 Å². The SMILES string of the molecule is CCOc1ccc(C(=O)O)c(OC(C)C)c1OC(C)C. The molecular weight excluding hydrogens is 260 g/mol. The molecule has 1 aromatic rings. The van der Waals surface area contributed by atoms with Crippen molar-refractivity contribution in [2.24, 2.45) is 0 Å². The lowest BCUT2D eigenvalue weighted by molar-refractivity contribution is 0.0688. The molecule has 1 N–H and O–H groups in total. The fraction of sp³-hybridized carbons (Fsp3) is 0.533. The molecule has 0 saturated heterocycles. The summed E-state index contributed by atoms with van der Waals surface area (Å²) in [5.41, 5.74) is 0.0674. The summed E-state index contributed by atoms with van der Waals surface area (Å²) in [6.07, 6.45) is -0.285. The molecule has 1 rings (SSSR count). The number of carboxylic acid groups (broad SMARTS) is 1. The van der Waals surface area contributed by atoms with E-state index in [0.29, 0.717) is 18.1 Å². The molecule has 0 bridgehead atoms. The number of carboxylic acids is 1. The van der Waals surface area contributed by atoms with Crippen LogP contribution >= 0.6 is 0 Å². The number of ether oxygens (including phenoxy) is 3. The van der Waals surface area contributed by atoms with E-state index in [0.717, 1.165) is 0 Å². The lowest BCUT2D eigenvalue weighted by Crippen LogP contribution is -2.15. The van der Waals surface area contributed by atoms with Gasteiger partial charge in [0.05, 0.1) is 18.8 Å². The summed E-state index contributed by atoms with van der Waals surface area (Å²) in [7, 11) is 0. The number of rotatable bonds is 7. The fourth-order valence-electron chi connectivity index (χ4n) is 1.68. The first kappa shape index (κ1) is 16.1. The monoisotopic (exact) mass is 282 g/mol. The predicted octanol–water partition coefficient (Wildman–Crippen LogP) is 3.36. The average molecular weight is 282 g/mol. The summed E-state index contributed by atoms with van der Waals surface area (Å²) >= 11 is 0. The molecule has 20 heavy (non-hydrogen) atoms. The summed E-state index contributed by atoms with van der Waals surface area (Å²) in [6, 6.07) is 3.07. The van der Waals surface area contributed by atoms with Crippen LogP contribution in [0.2, 0.25) is 0 Å². The Balaban J connectivity index is 3.41. The first-order valence-electron chi connectivity index (χ1n) is 6.73. The van der Waals surface area contributed by atoms with E-state index in [1.165, 1.54) is 6.07 Å².